The van der Waals surface area contributed by atoms with Crippen LogP contribution in [0.2, 0.25) is 5.02 Å². The van der Waals surface area contributed by atoms with Crippen molar-refractivity contribution in [1.29, 1.82) is 0 Å². The Kier molecular flexibility index (Phi) is 6.88. The Morgan fingerprint density at radius 3 is 2.44 bits per heavy atom. The fourth-order valence-electron chi connectivity index (χ4n) is 2.65. The number of carbonyl (C=O) groups is 2. The van der Waals surface area contributed by atoms with Crippen LogP contribution in [0.3, 0.4) is 0 Å². The Morgan fingerprint density at radius 2 is 1.78 bits per heavy atom. The summed E-state index contributed by atoms with van der Waals surface area (Å²) >= 11 is 5.78. The SMILES string of the molecule is O=C(NC(Cc1cc([O-])nc2ccccc12)C(=O)[O-])c1ccc(Cl)cc1.[Zn+2]. The fraction of sp³-hybridized carbons (Fsp3) is 0.105. The molecule has 2 aromatic carbocycles. The zero-order valence-electron chi connectivity index (χ0n) is 14.1. The van der Waals surface area contributed by atoms with Crippen molar-refractivity contribution in [3.63, 3.8) is 0 Å². The van der Waals surface area contributed by atoms with Gasteiger partial charge in [-0.25, -0.2) is 0 Å². The number of para-hydroxylation sites is 1. The Balaban J connectivity index is 0.00000261. The molecule has 1 atom stereocenters. The maximum atomic E-state index is 12.3. The first-order chi connectivity index (χ1) is 12.4. The van der Waals surface area contributed by atoms with Crippen molar-refractivity contribution in [3.05, 3.63) is 70.7 Å². The van der Waals surface area contributed by atoms with E-state index in [9.17, 15) is 19.8 Å². The van der Waals surface area contributed by atoms with Crippen LogP contribution in [0, 0.1) is 0 Å². The number of aliphatic carboxylic acids is 1. The number of carboxylic acid groups (broad SMARTS) is 1. The van der Waals surface area contributed by atoms with Gasteiger partial charge in [0, 0.05) is 16.0 Å². The number of nitrogens with zero attached hydrogens (tertiary/aromatic N) is 1. The molecule has 1 amide bonds. The number of hydrogen-bond acceptors (Lipinski definition) is 5. The molecule has 132 valence electrons. The number of fused-ring (bicyclic) bond motifs is 1. The molecular formula is C19H13ClN2O4Zn. The maximum absolute atomic E-state index is 12.3. The van der Waals surface area contributed by atoms with Gasteiger partial charge in [-0.3, -0.25) is 9.78 Å². The average Bonchev–Trinajstić information content (AvgIpc) is 2.61. The molecule has 1 unspecified atom stereocenters. The second kappa shape index (κ2) is 8.93. The van der Waals surface area contributed by atoms with Crippen molar-refractivity contribution in [2.24, 2.45) is 0 Å². The third-order valence-corrected chi connectivity index (χ3v) is 4.15. The van der Waals surface area contributed by atoms with Crippen LogP contribution in [0.4, 0.5) is 0 Å². The predicted octanol–water partition coefficient (Wildman–Crippen LogP) is 1.05. The van der Waals surface area contributed by atoms with Crippen molar-refractivity contribution >= 4 is 34.4 Å². The fourth-order valence-corrected chi connectivity index (χ4v) is 2.77. The molecule has 0 aliphatic carbocycles. The van der Waals surface area contributed by atoms with E-state index in [2.05, 4.69) is 10.3 Å². The molecule has 0 saturated carbocycles. The van der Waals surface area contributed by atoms with E-state index in [4.69, 9.17) is 11.6 Å². The summed E-state index contributed by atoms with van der Waals surface area (Å²) in [5.41, 5.74) is 1.21. The predicted molar refractivity (Wildman–Crippen MR) is 92.6 cm³/mol. The zero-order chi connectivity index (χ0) is 18.7. The number of aromatic nitrogens is 1. The van der Waals surface area contributed by atoms with Gasteiger partial charge in [-0.1, -0.05) is 29.8 Å². The monoisotopic (exact) mass is 432 g/mol. The Morgan fingerprint density at radius 1 is 1.11 bits per heavy atom. The van der Waals surface area contributed by atoms with Crippen LogP contribution in [0.25, 0.3) is 10.9 Å². The summed E-state index contributed by atoms with van der Waals surface area (Å²) in [6, 6.07) is 12.9. The molecule has 0 aliphatic rings. The van der Waals surface area contributed by atoms with Gasteiger partial charge < -0.3 is 20.3 Å². The topological polar surface area (TPSA) is 105 Å². The van der Waals surface area contributed by atoms with E-state index in [0.29, 0.717) is 21.5 Å². The van der Waals surface area contributed by atoms with Crippen molar-refractivity contribution in [3.8, 4) is 5.88 Å². The number of amides is 1. The quantitative estimate of drug-likeness (QED) is 0.605. The van der Waals surface area contributed by atoms with Gasteiger partial charge in [-0.2, -0.15) is 0 Å². The van der Waals surface area contributed by atoms with Gasteiger partial charge in [0.25, 0.3) is 5.91 Å². The van der Waals surface area contributed by atoms with E-state index in [-0.39, 0.29) is 31.5 Å². The van der Waals surface area contributed by atoms with Crippen LogP contribution in [0.1, 0.15) is 15.9 Å². The van der Waals surface area contributed by atoms with Crippen molar-refractivity contribution < 1.29 is 39.3 Å². The molecule has 0 aliphatic heterocycles. The second-order valence-corrected chi connectivity index (χ2v) is 6.13. The first kappa shape index (κ1) is 20.8. The first-order valence-corrected chi connectivity index (χ1v) is 8.15. The smallest absolute Gasteiger partial charge is 0.859 e. The van der Waals surface area contributed by atoms with Gasteiger partial charge in [0.05, 0.1) is 17.5 Å². The summed E-state index contributed by atoms with van der Waals surface area (Å²) in [7, 11) is 0. The number of halogens is 1. The number of nitrogens with one attached hydrogen (secondary N) is 1. The standard InChI is InChI=1S/C19H15ClN2O4.Zn/c20-13-7-5-11(6-8-13)18(24)22-16(19(25)26)9-12-10-17(23)21-15-4-2-1-3-14(12)15;/h1-8,10,16H,9H2,(H,21,23)(H,22,24)(H,25,26);/q;+2/p-2. The summed E-state index contributed by atoms with van der Waals surface area (Å²) < 4.78 is 0. The molecule has 27 heavy (non-hydrogen) atoms. The number of rotatable bonds is 5. The summed E-state index contributed by atoms with van der Waals surface area (Å²) in [4.78, 5) is 27.7. The molecule has 3 rings (SSSR count). The van der Waals surface area contributed by atoms with Crippen LogP contribution in [0.5, 0.6) is 5.88 Å². The van der Waals surface area contributed by atoms with Gasteiger partial charge >= 0.3 is 19.5 Å². The number of pyridine rings is 1. The Labute approximate surface area is 172 Å². The molecule has 0 spiro atoms. The average molecular weight is 434 g/mol. The van der Waals surface area contributed by atoms with Crippen molar-refractivity contribution in [2.45, 2.75) is 12.5 Å². The minimum absolute atomic E-state index is 0. The van der Waals surface area contributed by atoms with E-state index < -0.39 is 23.8 Å². The molecule has 1 heterocycles. The zero-order valence-corrected chi connectivity index (χ0v) is 17.9. The number of hydrogen-bond donors (Lipinski definition) is 1. The molecule has 0 radical (unpaired) electrons. The van der Waals surface area contributed by atoms with Crippen LogP contribution >= 0.6 is 11.6 Å². The van der Waals surface area contributed by atoms with Crippen molar-refractivity contribution in [2.75, 3.05) is 0 Å². The largest absolute Gasteiger partial charge is 2.00 e. The summed E-state index contributed by atoms with van der Waals surface area (Å²) in [5, 5.41) is 26.8. The first-order valence-electron chi connectivity index (χ1n) is 7.77. The van der Waals surface area contributed by atoms with E-state index in [1.165, 1.54) is 30.3 Å². The van der Waals surface area contributed by atoms with Crippen molar-refractivity contribution in [1.82, 2.24) is 10.3 Å². The van der Waals surface area contributed by atoms with Crippen LogP contribution in [-0.2, 0) is 30.7 Å². The maximum Gasteiger partial charge on any atom is 2.00 e. The minimum Gasteiger partial charge on any atom is -0.859 e. The third kappa shape index (κ3) is 5.03. The minimum atomic E-state index is -1.44. The number of carbonyl (C=O) groups excluding carboxylic acids is 2. The molecule has 3 aromatic rings. The summed E-state index contributed by atoms with van der Waals surface area (Å²) in [5.74, 6) is -2.49. The van der Waals surface area contributed by atoms with Gasteiger partial charge in [0.15, 0.2) is 0 Å². The molecule has 0 fully saturated rings. The van der Waals surface area contributed by atoms with E-state index in [0.717, 1.165) is 0 Å². The molecule has 6 nitrogen and oxygen atoms in total. The van der Waals surface area contributed by atoms with Gasteiger partial charge in [-0.05, 0) is 54.3 Å². The van der Waals surface area contributed by atoms with Gasteiger partial charge in [0.1, 0.15) is 0 Å². The summed E-state index contributed by atoms with van der Waals surface area (Å²) in [6.45, 7) is 0. The number of carboxylic acids is 1. The molecule has 0 bridgehead atoms. The normalized spacial score (nSPS) is 11.4. The second-order valence-electron chi connectivity index (χ2n) is 5.69. The Bertz CT molecular complexity index is 979. The van der Waals surface area contributed by atoms with Gasteiger partial charge in [0.2, 0.25) is 0 Å². The third-order valence-electron chi connectivity index (χ3n) is 3.90. The molecule has 0 saturated heterocycles. The molecule has 1 aromatic heterocycles. The van der Waals surface area contributed by atoms with Crippen LogP contribution in [0.15, 0.2) is 54.6 Å². The van der Waals surface area contributed by atoms with Crippen LogP contribution in [-0.4, -0.2) is 22.9 Å². The van der Waals surface area contributed by atoms with E-state index >= 15 is 0 Å². The summed E-state index contributed by atoms with van der Waals surface area (Å²) in [6.07, 6.45) is -0.0973. The molecule has 1 N–H and O–H groups in total. The molecule has 8 heteroatoms. The van der Waals surface area contributed by atoms with E-state index in [1.54, 1.807) is 24.3 Å². The molecular weight excluding hydrogens is 421 g/mol. The number of benzene rings is 2. The van der Waals surface area contributed by atoms with Gasteiger partial charge in [-0.15, -0.1) is 0 Å². The van der Waals surface area contributed by atoms with E-state index in [1.807, 2.05) is 0 Å². The van der Waals surface area contributed by atoms with Crippen LogP contribution < -0.4 is 15.5 Å². The Hall–Kier alpha value is -2.50.